The van der Waals surface area contributed by atoms with E-state index in [4.69, 9.17) is 11.6 Å². The second-order valence-corrected chi connectivity index (χ2v) is 1.71. The molecule has 0 saturated carbocycles. The number of carbonyl (C=O) groups is 2. The first-order valence-electron chi connectivity index (χ1n) is 1.96. The largest absolute Gasteiger partial charge is 0.441 e. The molecule has 46 valence electrons. The van der Waals surface area contributed by atoms with Gasteiger partial charge in [-0.05, 0) is 6.92 Å². The molecule has 1 atom stereocenters. The van der Waals surface area contributed by atoms with Crippen LogP contribution in [0.1, 0.15) is 6.92 Å². The molecular weight excluding hydrogens is 131 g/mol. The standard InChI is InChI=1S/C4H5ClO3/c1-3(5)8-4(7)2-6/h2-3H,1H3. The summed E-state index contributed by atoms with van der Waals surface area (Å²) < 4.78 is 4.16. The summed E-state index contributed by atoms with van der Waals surface area (Å²) in [4.78, 5) is 19.5. The SMILES string of the molecule is CC(Cl)OC(=O)C=O. The van der Waals surface area contributed by atoms with Crippen LogP contribution in [-0.4, -0.2) is 17.8 Å². The van der Waals surface area contributed by atoms with Gasteiger partial charge in [0.05, 0.1) is 0 Å². The van der Waals surface area contributed by atoms with Crippen LogP contribution in [0.25, 0.3) is 0 Å². The van der Waals surface area contributed by atoms with Gasteiger partial charge in [-0.2, -0.15) is 0 Å². The fraction of sp³-hybridized carbons (Fsp3) is 0.500. The molecule has 0 rings (SSSR count). The highest BCUT2D eigenvalue weighted by Crippen LogP contribution is 1.93. The summed E-state index contributed by atoms with van der Waals surface area (Å²) in [5.74, 6) is -0.937. The van der Waals surface area contributed by atoms with Crippen molar-refractivity contribution in [3.63, 3.8) is 0 Å². The predicted molar refractivity (Wildman–Crippen MR) is 27.5 cm³/mol. The van der Waals surface area contributed by atoms with Gasteiger partial charge in [-0.3, -0.25) is 4.79 Å². The van der Waals surface area contributed by atoms with Crippen molar-refractivity contribution in [3.8, 4) is 0 Å². The first-order chi connectivity index (χ1) is 3.66. The van der Waals surface area contributed by atoms with Gasteiger partial charge in [0.2, 0.25) is 6.29 Å². The number of ether oxygens (including phenoxy) is 1. The van der Waals surface area contributed by atoms with E-state index in [1.165, 1.54) is 6.92 Å². The zero-order chi connectivity index (χ0) is 6.57. The van der Waals surface area contributed by atoms with E-state index in [-0.39, 0.29) is 6.29 Å². The molecule has 0 bridgehead atoms. The van der Waals surface area contributed by atoms with Gasteiger partial charge in [-0.25, -0.2) is 4.79 Å². The third-order valence-corrected chi connectivity index (χ3v) is 0.464. The molecule has 8 heavy (non-hydrogen) atoms. The van der Waals surface area contributed by atoms with Crippen molar-refractivity contribution in [3.05, 3.63) is 0 Å². The minimum absolute atomic E-state index is 0.0683. The third kappa shape index (κ3) is 3.61. The van der Waals surface area contributed by atoms with Crippen molar-refractivity contribution in [2.24, 2.45) is 0 Å². The van der Waals surface area contributed by atoms with E-state index in [1.807, 2.05) is 0 Å². The second kappa shape index (κ2) is 3.43. The number of hydrogen-bond acceptors (Lipinski definition) is 3. The molecule has 0 spiro atoms. The van der Waals surface area contributed by atoms with Crippen LogP contribution in [0.15, 0.2) is 0 Å². The number of alkyl halides is 1. The van der Waals surface area contributed by atoms with Gasteiger partial charge in [0.25, 0.3) is 0 Å². The summed E-state index contributed by atoms with van der Waals surface area (Å²) in [5, 5.41) is 0. The van der Waals surface area contributed by atoms with E-state index >= 15 is 0 Å². The molecule has 0 aromatic carbocycles. The molecule has 0 amide bonds. The van der Waals surface area contributed by atoms with E-state index in [0.717, 1.165) is 0 Å². The first-order valence-corrected chi connectivity index (χ1v) is 2.40. The van der Waals surface area contributed by atoms with Crippen LogP contribution in [0.3, 0.4) is 0 Å². The number of halogens is 1. The maximum absolute atomic E-state index is 9.95. The Morgan fingerprint density at radius 1 is 1.88 bits per heavy atom. The lowest BCUT2D eigenvalue weighted by atomic mass is 10.7. The summed E-state index contributed by atoms with van der Waals surface area (Å²) in [6.07, 6.45) is 0.0683. The Hall–Kier alpha value is -0.570. The van der Waals surface area contributed by atoms with E-state index < -0.39 is 11.5 Å². The van der Waals surface area contributed by atoms with Crippen molar-refractivity contribution in [1.29, 1.82) is 0 Å². The first kappa shape index (κ1) is 7.43. The Kier molecular flexibility index (Phi) is 3.19. The predicted octanol–water partition coefficient (Wildman–Crippen LogP) is 0.313. The lowest BCUT2D eigenvalue weighted by Gasteiger charge is -1.98. The normalized spacial score (nSPS) is 12.2. The average Bonchev–Trinajstić information content (AvgIpc) is 1.65. The van der Waals surface area contributed by atoms with Gasteiger partial charge in [0, 0.05) is 0 Å². The fourth-order valence-corrected chi connectivity index (χ4v) is 0.276. The molecule has 0 radical (unpaired) electrons. The molecule has 0 aliphatic rings. The zero-order valence-corrected chi connectivity index (χ0v) is 5.01. The average molecular weight is 137 g/mol. The smallest absolute Gasteiger partial charge is 0.372 e. The lowest BCUT2D eigenvalue weighted by Crippen LogP contribution is -2.09. The van der Waals surface area contributed by atoms with E-state index in [0.29, 0.717) is 0 Å². The molecule has 0 aromatic heterocycles. The number of hydrogen-bond donors (Lipinski definition) is 0. The maximum atomic E-state index is 9.95. The molecule has 0 N–H and O–H groups in total. The van der Waals surface area contributed by atoms with Crippen LogP contribution in [0.2, 0.25) is 0 Å². The molecule has 0 aromatic rings. The number of aldehydes is 1. The second-order valence-electron chi connectivity index (χ2n) is 1.10. The molecule has 3 nitrogen and oxygen atoms in total. The summed E-state index contributed by atoms with van der Waals surface area (Å²) in [6.45, 7) is 1.45. The monoisotopic (exact) mass is 136 g/mol. The van der Waals surface area contributed by atoms with Crippen molar-refractivity contribution < 1.29 is 14.3 Å². The highest BCUT2D eigenvalue weighted by Gasteiger charge is 2.01. The molecule has 4 heteroatoms. The zero-order valence-electron chi connectivity index (χ0n) is 4.26. The third-order valence-electron chi connectivity index (χ3n) is 0.375. The van der Waals surface area contributed by atoms with E-state index in [2.05, 4.69) is 4.74 Å². The quantitative estimate of drug-likeness (QED) is 0.238. The Morgan fingerprint density at radius 2 is 2.38 bits per heavy atom. The van der Waals surface area contributed by atoms with Gasteiger partial charge >= 0.3 is 5.97 Å². The van der Waals surface area contributed by atoms with Gasteiger partial charge in [0.15, 0.2) is 5.56 Å². The summed E-state index contributed by atoms with van der Waals surface area (Å²) >= 11 is 5.15. The molecule has 0 aliphatic carbocycles. The summed E-state index contributed by atoms with van der Waals surface area (Å²) in [6, 6.07) is 0. The lowest BCUT2D eigenvalue weighted by molar-refractivity contribution is -0.149. The Labute approximate surface area is 51.6 Å². The van der Waals surface area contributed by atoms with Crippen LogP contribution in [-0.2, 0) is 14.3 Å². The van der Waals surface area contributed by atoms with Gasteiger partial charge in [-0.1, -0.05) is 11.6 Å². The minimum Gasteiger partial charge on any atom is -0.441 e. The molecule has 0 aliphatic heterocycles. The van der Waals surface area contributed by atoms with Gasteiger partial charge < -0.3 is 4.74 Å². The highest BCUT2D eigenvalue weighted by molar-refractivity contribution is 6.24. The highest BCUT2D eigenvalue weighted by atomic mass is 35.5. The van der Waals surface area contributed by atoms with Crippen molar-refractivity contribution in [2.45, 2.75) is 12.5 Å². The van der Waals surface area contributed by atoms with Crippen molar-refractivity contribution in [1.82, 2.24) is 0 Å². The van der Waals surface area contributed by atoms with Crippen LogP contribution in [0.4, 0.5) is 0 Å². The number of rotatable bonds is 2. The van der Waals surface area contributed by atoms with E-state index in [9.17, 15) is 9.59 Å². The molecule has 0 saturated heterocycles. The maximum Gasteiger partial charge on any atom is 0.372 e. The van der Waals surface area contributed by atoms with Crippen LogP contribution >= 0.6 is 11.6 Å². The van der Waals surface area contributed by atoms with Crippen LogP contribution < -0.4 is 0 Å². The Balaban J connectivity index is 3.39. The molecular formula is C4H5ClO3. The minimum atomic E-state index is -0.937. The van der Waals surface area contributed by atoms with Crippen LogP contribution in [0.5, 0.6) is 0 Å². The fourth-order valence-electron chi connectivity index (χ4n) is 0.188. The summed E-state index contributed by atoms with van der Waals surface area (Å²) in [7, 11) is 0. The molecule has 0 fully saturated rings. The summed E-state index contributed by atoms with van der Waals surface area (Å²) in [5.41, 5.74) is -0.729. The number of carbonyl (C=O) groups excluding carboxylic acids is 2. The molecule has 0 heterocycles. The molecule has 1 unspecified atom stereocenters. The van der Waals surface area contributed by atoms with Crippen molar-refractivity contribution in [2.75, 3.05) is 0 Å². The van der Waals surface area contributed by atoms with Crippen molar-refractivity contribution >= 4 is 23.9 Å². The van der Waals surface area contributed by atoms with E-state index in [1.54, 1.807) is 0 Å². The Bertz CT molecular complexity index is 99.5. The number of esters is 1. The van der Waals surface area contributed by atoms with Gasteiger partial charge in [0.1, 0.15) is 0 Å². The van der Waals surface area contributed by atoms with Crippen LogP contribution in [0, 0.1) is 0 Å². The van der Waals surface area contributed by atoms with Gasteiger partial charge in [-0.15, -0.1) is 0 Å². The topological polar surface area (TPSA) is 43.4 Å². The Morgan fingerprint density at radius 3 is 2.50 bits per heavy atom.